The minimum atomic E-state index is -1.09. The molecule has 2 aliphatic carbocycles. The molecule has 322 valence electrons. The number of hydrogen-bond donors (Lipinski definition) is 2. The van der Waals surface area contributed by atoms with Crippen LogP contribution in [-0.4, -0.2) is 114 Å². The number of piperidine rings is 1. The zero-order chi connectivity index (χ0) is 42.8. The van der Waals surface area contributed by atoms with Crippen molar-refractivity contribution in [1.29, 1.82) is 0 Å². The molecule has 5 amide bonds. The lowest BCUT2D eigenvalue weighted by molar-refractivity contribution is -0.136. The van der Waals surface area contributed by atoms with Crippen LogP contribution in [-0.2, 0) is 9.59 Å². The number of nitrogens with zero attached hydrogens (tertiary/aromatic N) is 7. The lowest BCUT2D eigenvalue weighted by Crippen LogP contribution is -2.54. The predicted octanol–water partition coefficient (Wildman–Crippen LogP) is 4.87. The van der Waals surface area contributed by atoms with Crippen molar-refractivity contribution >= 4 is 58.3 Å². The molecule has 4 unspecified atom stereocenters. The Kier molecular flexibility index (Phi) is 10.6. The number of amides is 5. The molecule has 0 spiro atoms. The number of benzene rings is 2. The molecular weight excluding hydrogens is 817 g/mol. The second-order valence-corrected chi connectivity index (χ2v) is 18.7. The molecule has 0 bridgehead atoms. The highest BCUT2D eigenvalue weighted by Crippen LogP contribution is 2.44. The van der Waals surface area contributed by atoms with E-state index in [0.717, 1.165) is 88.0 Å². The van der Waals surface area contributed by atoms with Crippen molar-refractivity contribution < 1.29 is 33.1 Å². The van der Waals surface area contributed by atoms with Gasteiger partial charge in [-0.3, -0.25) is 34.2 Å². The summed E-state index contributed by atoms with van der Waals surface area (Å²) in [4.78, 5) is 74.9. The van der Waals surface area contributed by atoms with Gasteiger partial charge in [0.2, 0.25) is 17.5 Å². The van der Waals surface area contributed by atoms with Gasteiger partial charge in [0.1, 0.15) is 17.6 Å². The molecule has 6 heterocycles. The summed E-state index contributed by atoms with van der Waals surface area (Å²) in [6, 6.07) is 10.3. The normalized spacial score (nSPS) is 29.4. The van der Waals surface area contributed by atoms with E-state index in [0.29, 0.717) is 70.5 Å². The quantitative estimate of drug-likeness (QED) is 0.223. The number of halogens is 2. The maximum Gasteiger partial charge on any atom is 0.272 e. The Bertz CT molecular complexity index is 2360. The van der Waals surface area contributed by atoms with Crippen LogP contribution in [0.15, 0.2) is 42.5 Å². The summed E-state index contributed by atoms with van der Waals surface area (Å²) in [5.74, 6) is 0.713. The molecular formula is C45H47ClFN9O6. The number of hydrogen-bond acceptors (Lipinski definition) is 11. The van der Waals surface area contributed by atoms with Gasteiger partial charge in [-0.25, -0.2) is 9.24 Å². The van der Waals surface area contributed by atoms with Crippen molar-refractivity contribution in [2.45, 2.75) is 69.6 Å². The first-order valence-electron chi connectivity index (χ1n) is 21.7. The van der Waals surface area contributed by atoms with Crippen LogP contribution in [0.4, 0.5) is 21.6 Å². The highest BCUT2D eigenvalue weighted by atomic mass is 35.5. The summed E-state index contributed by atoms with van der Waals surface area (Å²) in [5, 5.41) is 14.5. The lowest BCUT2D eigenvalue weighted by Gasteiger charge is -2.29. The van der Waals surface area contributed by atoms with Gasteiger partial charge in [0.25, 0.3) is 17.7 Å². The van der Waals surface area contributed by atoms with E-state index in [1.165, 1.54) is 6.07 Å². The van der Waals surface area contributed by atoms with Gasteiger partial charge in [-0.2, -0.15) is 0 Å². The van der Waals surface area contributed by atoms with E-state index in [4.69, 9.17) is 22.9 Å². The van der Waals surface area contributed by atoms with Crippen molar-refractivity contribution in [3.63, 3.8) is 0 Å². The van der Waals surface area contributed by atoms with E-state index in [-0.39, 0.29) is 42.0 Å². The number of anilines is 2. The zero-order valence-corrected chi connectivity index (χ0v) is 34.9. The van der Waals surface area contributed by atoms with Gasteiger partial charge in [-0.1, -0.05) is 17.7 Å². The van der Waals surface area contributed by atoms with Gasteiger partial charge >= 0.3 is 0 Å². The summed E-state index contributed by atoms with van der Waals surface area (Å²) >= 11 is 6.16. The Balaban J connectivity index is 0.662. The molecule has 6 fully saturated rings. The minimum Gasteiger partial charge on any atom is -0.490 e. The third-order valence-electron chi connectivity index (χ3n) is 14.3. The van der Waals surface area contributed by atoms with E-state index < -0.39 is 35.5 Å². The van der Waals surface area contributed by atoms with Crippen LogP contribution in [0.25, 0.3) is 4.85 Å². The number of rotatable bonds is 9. The van der Waals surface area contributed by atoms with Gasteiger partial charge in [-0.05, 0) is 111 Å². The Labute approximate surface area is 363 Å². The monoisotopic (exact) mass is 863 g/mol. The average Bonchev–Trinajstić information content (AvgIpc) is 4.06. The maximum absolute atomic E-state index is 15.6. The third kappa shape index (κ3) is 7.63. The molecule has 0 radical (unpaired) electrons. The van der Waals surface area contributed by atoms with Crippen molar-refractivity contribution in [2.75, 3.05) is 55.6 Å². The van der Waals surface area contributed by atoms with Crippen LogP contribution in [0.2, 0.25) is 5.02 Å². The first-order chi connectivity index (χ1) is 30.0. The number of nitrogens with one attached hydrogen (secondary N) is 2. The Morgan fingerprint density at radius 2 is 1.55 bits per heavy atom. The fourth-order valence-corrected chi connectivity index (χ4v) is 11.5. The molecule has 7 aliphatic rings. The van der Waals surface area contributed by atoms with Crippen LogP contribution in [0, 0.1) is 42.0 Å². The first kappa shape index (κ1) is 40.4. The molecule has 10 rings (SSSR count). The molecule has 5 aliphatic heterocycles. The minimum absolute atomic E-state index is 0.0206. The van der Waals surface area contributed by atoms with Crippen LogP contribution >= 0.6 is 11.6 Å². The Morgan fingerprint density at radius 1 is 0.855 bits per heavy atom. The van der Waals surface area contributed by atoms with Crippen molar-refractivity contribution in [3.8, 4) is 5.75 Å². The van der Waals surface area contributed by atoms with E-state index in [9.17, 15) is 24.0 Å². The molecule has 2 N–H and O–H groups in total. The van der Waals surface area contributed by atoms with E-state index in [2.05, 4.69) is 35.5 Å². The van der Waals surface area contributed by atoms with Crippen LogP contribution in [0.3, 0.4) is 0 Å². The highest BCUT2D eigenvalue weighted by molar-refractivity contribution is 6.33. The molecule has 4 saturated heterocycles. The standard InChI is InChI=1S/C45H47ClFN9O6/c1-48-36-7-6-31(14-34(36)46)62-30-4-2-29(3-5-30)49-42(58)37-8-10-40(52-51-37)55-20-25-12-24(13-26(25)21-55)17-53-18-27-22-54(23-28(27)19-53)39-16-33-32(15-35(39)47)44(60)56(45(33)61)38-9-11-41(57)50-43(38)59/h6-8,10,14-16,24-30,38H,2-5,9,11-13,17-23H2,(H,49,58)(H,50,57,59)/t24?,25-,26+,27?,28?,29?,30?,38?. The zero-order valence-electron chi connectivity index (χ0n) is 34.1. The third-order valence-corrected chi connectivity index (χ3v) is 14.6. The fourth-order valence-electron chi connectivity index (χ4n) is 11.3. The van der Waals surface area contributed by atoms with Gasteiger partial charge in [0.15, 0.2) is 11.5 Å². The topological polar surface area (TPSA) is 162 Å². The summed E-state index contributed by atoms with van der Waals surface area (Å²) in [6.07, 6.45) is 5.57. The van der Waals surface area contributed by atoms with Gasteiger partial charge in [0, 0.05) is 58.3 Å². The molecule has 15 nitrogen and oxygen atoms in total. The van der Waals surface area contributed by atoms with Crippen molar-refractivity contribution in [2.24, 2.45) is 29.6 Å². The molecule has 3 aromatic rings. The maximum atomic E-state index is 15.6. The number of fused-ring (bicyclic) bond motifs is 3. The van der Waals surface area contributed by atoms with Crippen molar-refractivity contribution in [1.82, 2.24) is 30.6 Å². The van der Waals surface area contributed by atoms with E-state index in [1.54, 1.807) is 24.3 Å². The summed E-state index contributed by atoms with van der Waals surface area (Å²) in [5.41, 5.74) is 1.06. The lowest BCUT2D eigenvalue weighted by atomic mass is 9.93. The summed E-state index contributed by atoms with van der Waals surface area (Å²) < 4.78 is 21.7. The molecule has 1 aromatic heterocycles. The highest BCUT2D eigenvalue weighted by Gasteiger charge is 2.48. The number of carbonyl (C=O) groups excluding carboxylic acids is 5. The number of carbonyl (C=O) groups is 5. The number of ether oxygens (including phenoxy) is 1. The Morgan fingerprint density at radius 3 is 2.19 bits per heavy atom. The second-order valence-electron chi connectivity index (χ2n) is 18.3. The molecule has 2 saturated carbocycles. The molecule has 6 atom stereocenters. The second kappa shape index (κ2) is 16.2. The van der Waals surface area contributed by atoms with Gasteiger partial charge in [0.05, 0.1) is 34.5 Å². The van der Waals surface area contributed by atoms with E-state index in [1.807, 2.05) is 11.0 Å². The van der Waals surface area contributed by atoms with E-state index >= 15 is 4.39 Å². The predicted molar refractivity (Wildman–Crippen MR) is 225 cm³/mol. The number of imide groups is 2. The van der Waals surface area contributed by atoms with Crippen LogP contribution in [0.1, 0.15) is 82.6 Å². The molecule has 2 aromatic carbocycles. The number of aromatic nitrogens is 2. The Hall–Kier alpha value is -5.66. The molecule has 17 heteroatoms. The van der Waals surface area contributed by atoms with Crippen molar-refractivity contribution in [3.05, 3.63) is 81.5 Å². The van der Waals surface area contributed by atoms with Gasteiger partial charge in [-0.15, -0.1) is 10.2 Å². The largest absolute Gasteiger partial charge is 0.490 e. The summed E-state index contributed by atoms with van der Waals surface area (Å²) in [7, 11) is 0. The number of likely N-dealkylation sites (tertiary alicyclic amines) is 1. The van der Waals surface area contributed by atoms with Crippen LogP contribution < -0.4 is 25.2 Å². The fraction of sp³-hybridized carbons (Fsp3) is 0.511. The van der Waals surface area contributed by atoms with Gasteiger partial charge < -0.3 is 24.8 Å². The SMILES string of the molecule is [C-]#[N+]c1ccc(OC2CCC(NC(=O)c3ccc(N4C[C@H]5CC(CN6CC7CN(c8cc9c(cc8F)C(=O)N(C8CCC(=O)NC8=O)C9=O)CC7C6)C[C@H]5C4)nn3)CC2)cc1Cl. The smallest absolute Gasteiger partial charge is 0.272 e. The van der Waals surface area contributed by atoms with Crippen LogP contribution in [0.5, 0.6) is 5.75 Å². The average molecular weight is 864 g/mol. The first-order valence-corrected chi connectivity index (χ1v) is 22.1. The summed E-state index contributed by atoms with van der Waals surface area (Å²) in [6.45, 7) is 13.3. The molecule has 62 heavy (non-hydrogen) atoms.